The van der Waals surface area contributed by atoms with Gasteiger partial charge in [-0.15, -0.1) is 0 Å². The number of unbranched alkanes of at least 4 members (excludes halogenated alkanes) is 1. The van der Waals surface area contributed by atoms with Gasteiger partial charge in [0.25, 0.3) is 0 Å². The van der Waals surface area contributed by atoms with Crippen LogP contribution >= 0.6 is 11.3 Å². The first-order valence-corrected chi connectivity index (χ1v) is 9.01. The van der Waals surface area contributed by atoms with E-state index >= 15 is 0 Å². The molecule has 5 heteroatoms. The van der Waals surface area contributed by atoms with Crippen LogP contribution in [-0.4, -0.2) is 16.7 Å². The molecular formula is C17H26N2O2S. The molecule has 1 amide bonds. The van der Waals surface area contributed by atoms with Crippen molar-refractivity contribution in [2.75, 3.05) is 5.32 Å². The first-order chi connectivity index (χ1) is 10.4. The second kappa shape index (κ2) is 6.90. The minimum absolute atomic E-state index is 0.0352. The summed E-state index contributed by atoms with van der Waals surface area (Å²) in [4.78, 5) is 29.8. The minimum atomic E-state index is -0.0352. The maximum absolute atomic E-state index is 12.3. The Labute approximate surface area is 136 Å². The summed E-state index contributed by atoms with van der Waals surface area (Å²) in [5.41, 5.74) is 0.815. The standard InChI is InChI=1S/C17H26N2O2S/c1-5-7-8-11(6-2)15(21)19-16-18-12-9-17(3,4)10-13(20)14(12)22-16/h11H,5-10H2,1-4H3,(H,18,19,21)/t11-/m0/s1. The Kier molecular flexibility index (Phi) is 5.37. The van der Waals surface area contributed by atoms with Gasteiger partial charge >= 0.3 is 0 Å². The molecule has 0 saturated heterocycles. The average Bonchev–Trinajstić information content (AvgIpc) is 2.80. The van der Waals surface area contributed by atoms with Crippen molar-refractivity contribution >= 4 is 28.2 Å². The molecule has 2 rings (SSSR count). The molecule has 0 radical (unpaired) electrons. The van der Waals surface area contributed by atoms with Crippen LogP contribution in [0.1, 0.15) is 75.2 Å². The van der Waals surface area contributed by atoms with Gasteiger partial charge in [0, 0.05) is 12.3 Å². The fraction of sp³-hybridized carbons (Fsp3) is 0.706. The Morgan fingerprint density at radius 2 is 2.09 bits per heavy atom. The predicted octanol–water partition coefficient (Wildman–Crippen LogP) is 4.45. The second-order valence-electron chi connectivity index (χ2n) is 6.97. The lowest BCUT2D eigenvalue weighted by Gasteiger charge is -2.26. The summed E-state index contributed by atoms with van der Waals surface area (Å²) < 4.78 is 0. The van der Waals surface area contributed by atoms with Gasteiger partial charge in [-0.3, -0.25) is 9.59 Å². The van der Waals surface area contributed by atoms with Gasteiger partial charge in [-0.25, -0.2) is 4.98 Å². The van der Waals surface area contributed by atoms with Crippen molar-refractivity contribution in [2.45, 2.75) is 66.2 Å². The van der Waals surface area contributed by atoms with Gasteiger partial charge in [-0.05, 0) is 24.7 Å². The number of hydrogen-bond donors (Lipinski definition) is 1. The lowest BCUT2D eigenvalue weighted by molar-refractivity contribution is -0.120. The van der Waals surface area contributed by atoms with Crippen LogP contribution in [0.25, 0.3) is 0 Å². The van der Waals surface area contributed by atoms with Gasteiger partial charge in [0.1, 0.15) is 0 Å². The molecule has 22 heavy (non-hydrogen) atoms. The van der Waals surface area contributed by atoms with E-state index in [-0.39, 0.29) is 23.0 Å². The summed E-state index contributed by atoms with van der Waals surface area (Å²) >= 11 is 1.33. The van der Waals surface area contributed by atoms with Gasteiger partial charge in [0.15, 0.2) is 10.9 Å². The van der Waals surface area contributed by atoms with E-state index in [2.05, 4.69) is 31.1 Å². The van der Waals surface area contributed by atoms with E-state index in [1.54, 1.807) is 0 Å². The van der Waals surface area contributed by atoms with E-state index in [9.17, 15) is 9.59 Å². The van der Waals surface area contributed by atoms with Crippen molar-refractivity contribution in [1.82, 2.24) is 4.98 Å². The molecule has 0 bridgehead atoms. The summed E-state index contributed by atoms with van der Waals surface area (Å²) in [6.45, 7) is 8.35. The number of fused-ring (bicyclic) bond motifs is 1. The molecular weight excluding hydrogens is 296 g/mol. The Hall–Kier alpha value is -1.23. The van der Waals surface area contributed by atoms with E-state index in [4.69, 9.17) is 0 Å². The number of amides is 1. The minimum Gasteiger partial charge on any atom is -0.302 e. The highest BCUT2D eigenvalue weighted by Crippen LogP contribution is 2.38. The Morgan fingerprint density at radius 1 is 1.36 bits per heavy atom. The van der Waals surface area contributed by atoms with Crippen molar-refractivity contribution < 1.29 is 9.59 Å². The van der Waals surface area contributed by atoms with Crippen LogP contribution in [-0.2, 0) is 11.2 Å². The first kappa shape index (κ1) is 17.1. The maximum atomic E-state index is 12.3. The highest BCUT2D eigenvalue weighted by molar-refractivity contribution is 7.17. The second-order valence-corrected chi connectivity index (χ2v) is 7.97. The van der Waals surface area contributed by atoms with Crippen molar-refractivity contribution in [1.29, 1.82) is 0 Å². The van der Waals surface area contributed by atoms with Crippen molar-refractivity contribution in [3.8, 4) is 0 Å². The van der Waals surface area contributed by atoms with E-state index < -0.39 is 0 Å². The van der Waals surface area contributed by atoms with Gasteiger partial charge in [-0.1, -0.05) is 51.9 Å². The van der Waals surface area contributed by atoms with Gasteiger partial charge in [0.05, 0.1) is 10.6 Å². The molecule has 1 aliphatic rings. The third-order valence-corrected chi connectivity index (χ3v) is 5.29. The zero-order valence-corrected chi connectivity index (χ0v) is 14.8. The lowest BCUT2D eigenvalue weighted by Crippen LogP contribution is -2.26. The van der Waals surface area contributed by atoms with Crippen LogP contribution in [0, 0.1) is 11.3 Å². The van der Waals surface area contributed by atoms with Gasteiger partial charge < -0.3 is 5.32 Å². The van der Waals surface area contributed by atoms with E-state index in [0.717, 1.165) is 42.7 Å². The molecule has 1 aliphatic carbocycles. The molecule has 0 saturated carbocycles. The van der Waals surface area contributed by atoms with Crippen LogP contribution in [0.3, 0.4) is 0 Å². The zero-order valence-electron chi connectivity index (χ0n) is 14.0. The van der Waals surface area contributed by atoms with E-state index in [1.807, 2.05) is 6.92 Å². The van der Waals surface area contributed by atoms with Crippen LogP contribution < -0.4 is 5.32 Å². The Balaban J connectivity index is 2.09. The normalized spacial score (nSPS) is 17.9. The summed E-state index contributed by atoms with van der Waals surface area (Å²) in [7, 11) is 0. The number of ketones is 1. The molecule has 1 heterocycles. The van der Waals surface area contributed by atoms with Crippen LogP contribution in [0.4, 0.5) is 5.13 Å². The molecule has 0 fully saturated rings. The first-order valence-electron chi connectivity index (χ1n) is 8.20. The van der Waals surface area contributed by atoms with Crippen molar-refractivity contribution in [3.63, 3.8) is 0 Å². The van der Waals surface area contributed by atoms with Crippen LogP contribution in [0.5, 0.6) is 0 Å². The topological polar surface area (TPSA) is 59.1 Å². The number of anilines is 1. The zero-order chi connectivity index (χ0) is 16.3. The monoisotopic (exact) mass is 322 g/mol. The fourth-order valence-corrected chi connectivity index (χ4v) is 3.87. The number of rotatable bonds is 6. The van der Waals surface area contributed by atoms with Gasteiger partial charge in [0.2, 0.25) is 5.91 Å². The number of thiazole rings is 1. The third kappa shape index (κ3) is 3.94. The average molecular weight is 322 g/mol. The van der Waals surface area contributed by atoms with Gasteiger partial charge in [-0.2, -0.15) is 0 Å². The molecule has 4 nitrogen and oxygen atoms in total. The number of nitrogens with zero attached hydrogens (tertiary/aromatic N) is 1. The summed E-state index contributed by atoms with van der Waals surface area (Å²) in [6.07, 6.45) is 5.27. The molecule has 1 aromatic rings. The summed E-state index contributed by atoms with van der Waals surface area (Å²) in [5, 5.41) is 3.50. The third-order valence-electron chi connectivity index (χ3n) is 4.24. The fourth-order valence-electron chi connectivity index (χ4n) is 2.95. The number of hydrogen-bond acceptors (Lipinski definition) is 4. The smallest absolute Gasteiger partial charge is 0.229 e. The van der Waals surface area contributed by atoms with E-state index in [0.29, 0.717) is 11.6 Å². The highest BCUT2D eigenvalue weighted by Gasteiger charge is 2.34. The molecule has 1 N–H and O–H groups in total. The molecule has 0 aliphatic heterocycles. The van der Waals surface area contributed by atoms with E-state index in [1.165, 1.54) is 11.3 Å². The molecule has 0 spiro atoms. The highest BCUT2D eigenvalue weighted by atomic mass is 32.1. The largest absolute Gasteiger partial charge is 0.302 e. The molecule has 1 atom stereocenters. The van der Waals surface area contributed by atoms with Crippen molar-refractivity contribution in [3.05, 3.63) is 10.6 Å². The molecule has 0 unspecified atom stereocenters. The number of aromatic nitrogens is 1. The van der Waals surface area contributed by atoms with Crippen LogP contribution in [0.15, 0.2) is 0 Å². The SMILES string of the molecule is CCCC[C@H](CC)C(=O)Nc1nc2c(s1)C(=O)CC(C)(C)C2. The van der Waals surface area contributed by atoms with Crippen LogP contribution in [0.2, 0.25) is 0 Å². The molecule has 122 valence electrons. The lowest BCUT2D eigenvalue weighted by atomic mass is 9.78. The van der Waals surface area contributed by atoms with Crippen molar-refractivity contribution in [2.24, 2.45) is 11.3 Å². The number of carbonyl (C=O) groups is 2. The molecule has 1 aromatic heterocycles. The quantitative estimate of drug-likeness (QED) is 0.841. The summed E-state index contributed by atoms with van der Waals surface area (Å²) in [5.74, 6) is 0.226. The predicted molar refractivity (Wildman–Crippen MR) is 90.5 cm³/mol. The number of nitrogens with one attached hydrogen (secondary N) is 1. The molecule has 0 aromatic carbocycles. The Bertz CT molecular complexity index is 563. The number of carbonyl (C=O) groups excluding carboxylic acids is 2. The maximum Gasteiger partial charge on any atom is 0.229 e. The Morgan fingerprint density at radius 3 is 2.73 bits per heavy atom. The number of Topliss-reactive ketones (excluding diaryl/α,β-unsaturated/α-hetero) is 1. The summed E-state index contributed by atoms with van der Waals surface area (Å²) in [6, 6.07) is 0.